The highest BCUT2D eigenvalue weighted by molar-refractivity contribution is 6.14. The first kappa shape index (κ1) is 27.2. The molecule has 0 unspecified atom stereocenters. The number of fused-ring (bicyclic) bond motifs is 5. The van der Waals surface area contributed by atoms with Gasteiger partial charge in [0, 0.05) is 16.8 Å². The molecule has 0 aliphatic carbocycles. The summed E-state index contributed by atoms with van der Waals surface area (Å²) in [6, 6.07) is 68.4. The van der Waals surface area contributed by atoms with Crippen LogP contribution in [0, 0.1) is 0 Å². The molecule has 0 spiro atoms. The van der Waals surface area contributed by atoms with Crippen LogP contribution in [-0.4, -0.2) is 0 Å². The largest absolute Gasteiger partial charge is 0.310 e. The summed E-state index contributed by atoms with van der Waals surface area (Å²) < 4.78 is 0. The van der Waals surface area contributed by atoms with Crippen LogP contribution in [0.2, 0.25) is 0 Å². The van der Waals surface area contributed by atoms with Crippen LogP contribution in [0.15, 0.2) is 188 Å². The highest BCUT2D eigenvalue weighted by Crippen LogP contribution is 2.43. The minimum Gasteiger partial charge on any atom is -0.310 e. The maximum atomic E-state index is 2.42. The minimum atomic E-state index is 1.12. The second-order valence-corrected chi connectivity index (χ2v) is 12.2. The molecule has 220 valence electrons. The molecule has 1 nitrogen and oxygen atoms in total. The average Bonchev–Trinajstić information content (AvgIpc) is 3.15. The topological polar surface area (TPSA) is 3.24 Å². The summed E-state index contributed by atoms with van der Waals surface area (Å²) in [4.78, 5) is 2.42. The van der Waals surface area contributed by atoms with E-state index in [-0.39, 0.29) is 0 Å². The lowest BCUT2D eigenvalue weighted by molar-refractivity contribution is 1.30. The standard InChI is InChI=1S/C46H31N/c1-2-14-34-28-36(27-26-32(34)12-1)35-17-9-19-39(29-35)47(46-25-11-16-33-13-3-6-22-42(33)46)40-20-10-18-37(30-40)45-31-38-15-4-5-21-41(38)43-23-7-8-24-44(43)45/h1-31H. The number of hydrogen-bond donors (Lipinski definition) is 0. The van der Waals surface area contributed by atoms with E-state index in [1.807, 2.05) is 0 Å². The highest BCUT2D eigenvalue weighted by atomic mass is 15.1. The summed E-state index contributed by atoms with van der Waals surface area (Å²) in [6.45, 7) is 0. The van der Waals surface area contributed by atoms with Crippen LogP contribution in [0.25, 0.3) is 65.3 Å². The highest BCUT2D eigenvalue weighted by Gasteiger charge is 2.18. The fraction of sp³-hybridized carbons (Fsp3) is 0. The molecular weight excluding hydrogens is 567 g/mol. The van der Waals surface area contributed by atoms with Gasteiger partial charge in [0.1, 0.15) is 0 Å². The molecule has 0 aliphatic heterocycles. The Morgan fingerprint density at radius 2 is 0.830 bits per heavy atom. The van der Waals surface area contributed by atoms with E-state index in [9.17, 15) is 0 Å². The van der Waals surface area contributed by atoms with Gasteiger partial charge in [0.05, 0.1) is 5.69 Å². The van der Waals surface area contributed by atoms with Gasteiger partial charge >= 0.3 is 0 Å². The third-order valence-electron chi connectivity index (χ3n) is 9.38. The van der Waals surface area contributed by atoms with Crippen molar-refractivity contribution in [3.8, 4) is 22.3 Å². The Labute approximate surface area is 274 Å². The second-order valence-electron chi connectivity index (χ2n) is 12.2. The van der Waals surface area contributed by atoms with Crippen molar-refractivity contribution in [1.82, 2.24) is 0 Å². The maximum absolute atomic E-state index is 2.42. The van der Waals surface area contributed by atoms with Crippen LogP contribution in [0.1, 0.15) is 0 Å². The van der Waals surface area contributed by atoms with Gasteiger partial charge in [-0.05, 0) is 102 Å². The SMILES string of the molecule is c1cc(-c2ccc3ccccc3c2)cc(N(c2cccc(-c3cc4ccccc4c4ccccc34)c2)c2cccc3ccccc23)c1. The van der Waals surface area contributed by atoms with Gasteiger partial charge in [-0.15, -0.1) is 0 Å². The molecule has 0 atom stereocenters. The summed E-state index contributed by atoms with van der Waals surface area (Å²) in [5.41, 5.74) is 8.22. The Morgan fingerprint density at radius 3 is 1.64 bits per heavy atom. The molecule has 0 heterocycles. The maximum Gasteiger partial charge on any atom is 0.0540 e. The summed E-state index contributed by atoms with van der Waals surface area (Å²) in [6.07, 6.45) is 0. The van der Waals surface area contributed by atoms with Gasteiger partial charge in [0.2, 0.25) is 0 Å². The Bertz CT molecular complexity index is 2590. The van der Waals surface area contributed by atoms with Gasteiger partial charge in [-0.3, -0.25) is 0 Å². The van der Waals surface area contributed by atoms with E-state index in [1.54, 1.807) is 0 Å². The Kier molecular flexibility index (Phi) is 6.54. The number of benzene rings is 9. The predicted octanol–water partition coefficient (Wildman–Crippen LogP) is 13.1. The molecule has 9 rings (SSSR count). The monoisotopic (exact) mass is 597 g/mol. The number of rotatable bonds is 5. The lowest BCUT2D eigenvalue weighted by Crippen LogP contribution is -2.10. The molecular formula is C46H31N. The summed E-state index contributed by atoms with van der Waals surface area (Å²) in [5.74, 6) is 0. The van der Waals surface area contributed by atoms with Gasteiger partial charge in [-0.25, -0.2) is 0 Å². The molecule has 0 radical (unpaired) electrons. The van der Waals surface area contributed by atoms with Crippen LogP contribution < -0.4 is 4.90 Å². The summed E-state index contributed by atoms with van der Waals surface area (Å²) >= 11 is 0. The predicted molar refractivity (Wildman–Crippen MR) is 202 cm³/mol. The smallest absolute Gasteiger partial charge is 0.0540 e. The zero-order valence-electron chi connectivity index (χ0n) is 25.8. The van der Waals surface area contributed by atoms with Crippen molar-refractivity contribution in [1.29, 1.82) is 0 Å². The first-order chi connectivity index (χ1) is 23.3. The van der Waals surface area contributed by atoms with Gasteiger partial charge in [0.15, 0.2) is 0 Å². The van der Waals surface area contributed by atoms with Gasteiger partial charge in [-0.2, -0.15) is 0 Å². The van der Waals surface area contributed by atoms with Crippen LogP contribution in [-0.2, 0) is 0 Å². The van der Waals surface area contributed by atoms with E-state index in [2.05, 4.69) is 193 Å². The number of nitrogens with zero attached hydrogens (tertiary/aromatic N) is 1. The molecule has 0 amide bonds. The molecule has 0 saturated carbocycles. The van der Waals surface area contributed by atoms with Gasteiger partial charge in [0.25, 0.3) is 0 Å². The van der Waals surface area contributed by atoms with Crippen molar-refractivity contribution in [3.05, 3.63) is 188 Å². The van der Waals surface area contributed by atoms with Crippen molar-refractivity contribution >= 4 is 60.2 Å². The molecule has 0 N–H and O–H groups in total. The third kappa shape index (κ3) is 4.81. The molecule has 0 aromatic heterocycles. The molecule has 1 heteroatoms. The van der Waals surface area contributed by atoms with Crippen molar-refractivity contribution < 1.29 is 0 Å². The van der Waals surface area contributed by atoms with E-state index >= 15 is 0 Å². The van der Waals surface area contributed by atoms with Crippen LogP contribution in [0.5, 0.6) is 0 Å². The van der Waals surface area contributed by atoms with Crippen molar-refractivity contribution in [3.63, 3.8) is 0 Å². The Hall–Kier alpha value is -6.18. The van der Waals surface area contributed by atoms with Crippen molar-refractivity contribution in [2.75, 3.05) is 4.90 Å². The lowest BCUT2D eigenvalue weighted by Gasteiger charge is -2.28. The van der Waals surface area contributed by atoms with Crippen molar-refractivity contribution in [2.24, 2.45) is 0 Å². The Balaban J connectivity index is 1.25. The van der Waals surface area contributed by atoms with Crippen LogP contribution >= 0.6 is 0 Å². The normalized spacial score (nSPS) is 11.4. The molecule has 0 aliphatic rings. The van der Waals surface area contributed by atoms with Gasteiger partial charge in [-0.1, -0.05) is 146 Å². The van der Waals surface area contributed by atoms with E-state index in [4.69, 9.17) is 0 Å². The minimum absolute atomic E-state index is 1.12. The summed E-state index contributed by atoms with van der Waals surface area (Å²) in [7, 11) is 0. The molecule has 47 heavy (non-hydrogen) atoms. The first-order valence-electron chi connectivity index (χ1n) is 16.2. The number of anilines is 3. The molecule has 0 fully saturated rings. The quantitative estimate of drug-likeness (QED) is 0.178. The molecule has 0 saturated heterocycles. The van der Waals surface area contributed by atoms with Crippen molar-refractivity contribution in [2.45, 2.75) is 0 Å². The Morgan fingerprint density at radius 1 is 0.277 bits per heavy atom. The van der Waals surface area contributed by atoms with Crippen LogP contribution in [0.4, 0.5) is 17.1 Å². The summed E-state index contributed by atoms with van der Waals surface area (Å²) in [5, 5.41) is 10.0. The van der Waals surface area contributed by atoms with Crippen LogP contribution in [0.3, 0.4) is 0 Å². The first-order valence-corrected chi connectivity index (χ1v) is 16.2. The second kappa shape index (κ2) is 11.3. The zero-order valence-corrected chi connectivity index (χ0v) is 25.8. The zero-order chi connectivity index (χ0) is 31.2. The molecule has 0 bridgehead atoms. The lowest BCUT2D eigenvalue weighted by atomic mass is 9.93. The fourth-order valence-electron chi connectivity index (χ4n) is 7.13. The van der Waals surface area contributed by atoms with E-state index in [0.717, 1.165) is 17.1 Å². The number of hydrogen-bond acceptors (Lipinski definition) is 1. The third-order valence-corrected chi connectivity index (χ3v) is 9.38. The van der Waals surface area contributed by atoms with E-state index in [1.165, 1.54) is 65.3 Å². The average molecular weight is 598 g/mol. The fourth-order valence-corrected chi connectivity index (χ4v) is 7.13. The molecule has 9 aromatic carbocycles. The van der Waals surface area contributed by atoms with E-state index in [0.29, 0.717) is 0 Å². The van der Waals surface area contributed by atoms with E-state index < -0.39 is 0 Å². The van der Waals surface area contributed by atoms with Gasteiger partial charge < -0.3 is 4.90 Å². The molecule has 9 aromatic rings.